The van der Waals surface area contributed by atoms with Crippen molar-refractivity contribution in [3.63, 3.8) is 0 Å². The van der Waals surface area contributed by atoms with Gasteiger partial charge >= 0.3 is 12.1 Å². The van der Waals surface area contributed by atoms with Gasteiger partial charge in [0.25, 0.3) is 11.8 Å². The molecule has 52 heavy (non-hydrogen) atoms. The number of halogens is 3. The van der Waals surface area contributed by atoms with E-state index in [4.69, 9.17) is 21.1 Å². The highest BCUT2D eigenvalue weighted by molar-refractivity contribution is 9.13. The molecule has 2 aromatic rings. The van der Waals surface area contributed by atoms with Crippen LogP contribution in [0.4, 0.5) is 4.79 Å². The van der Waals surface area contributed by atoms with E-state index in [1.807, 2.05) is 0 Å². The van der Waals surface area contributed by atoms with E-state index in [2.05, 4.69) is 47.2 Å². The molecule has 0 bridgehead atoms. The van der Waals surface area contributed by atoms with Crippen LogP contribution in [0.3, 0.4) is 0 Å². The first-order valence-electron chi connectivity index (χ1n) is 16.3. The van der Waals surface area contributed by atoms with Crippen LogP contribution in [0.2, 0.25) is 4.34 Å². The SMILES string of the molecule is CNC(=O)c1cc2c(cc1C(=O)NC[C@H](NS(=O)(=O)c1c(Cl)sc(Br)c1Br)C(=O)OC(C)(C)C)CN(C(=O)C1CCN(C(=O)OC(C)(C)C)CC1)C2. The molecule has 19 heteroatoms. The number of thiophene rings is 1. The molecule has 2 aliphatic heterocycles. The van der Waals surface area contributed by atoms with Crippen LogP contribution in [0.15, 0.2) is 25.3 Å². The number of likely N-dealkylation sites (tertiary alicyclic amines) is 1. The topological polar surface area (TPSA) is 181 Å². The van der Waals surface area contributed by atoms with E-state index in [1.165, 1.54) is 13.1 Å². The van der Waals surface area contributed by atoms with Gasteiger partial charge in [-0.05, 0) is 110 Å². The van der Waals surface area contributed by atoms with Crippen LogP contribution in [-0.4, -0.2) is 91.9 Å². The number of nitrogens with one attached hydrogen (secondary N) is 3. The van der Waals surface area contributed by atoms with Gasteiger partial charge in [-0.25, -0.2) is 13.2 Å². The molecule has 1 aromatic carbocycles. The highest BCUT2D eigenvalue weighted by Crippen LogP contribution is 2.43. The van der Waals surface area contributed by atoms with Gasteiger partial charge in [0, 0.05) is 45.7 Å². The fourth-order valence-electron chi connectivity index (χ4n) is 5.66. The maximum atomic E-state index is 13.7. The Morgan fingerprint density at radius 3 is 1.94 bits per heavy atom. The summed E-state index contributed by atoms with van der Waals surface area (Å²) in [5, 5.41) is 5.10. The lowest BCUT2D eigenvalue weighted by Crippen LogP contribution is -2.50. The number of carbonyl (C=O) groups is 5. The molecule has 0 unspecified atom stereocenters. The van der Waals surface area contributed by atoms with Gasteiger partial charge in [-0.15, -0.1) is 11.3 Å². The van der Waals surface area contributed by atoms with E-state index in [-0.39, 0.29) is 49.7 Å². The van der Waals surface area contributed by atoms with Crippen molar-refractivity contribution in [2.75, 3.05) is 26.7 Å². The standard InChI is InChI=1S/C33H42Br2ClN5O9S2/c1-32(2,3)49-30(45)22(39-52(47,48)24-23(34)25(35)51-26(24)36)14-38-28(43)21-13-19-16-41(15-18(19)12-20(21)27(42)37-7)29(44)17-8-10-40(11-9-17)31(46)50-33(4,5)6/h12-13,17,22,39H,8-11,14-16H2,1-7H3,(H,37,42)(H,38,43)/t22-/m0/s1. The van der Waals surface area contributed by atoms with Crippen molar-refractivity contribution in [3.8, 4) is 0 Å². The molecule has 0 radical (unpaired) electrons. The third kappa shape index (κ3) is 10.3. The zero-order chi connectivity index (χ0) is 38.9. The van der Waals surface area contributed by atoms with Gasteiger partial charge in [0.15, 0.2) is 0 Å². The molecule has 0 aliphatic carbocycles. The van der Waals surface area contributed by atoms with Gasteiger partial charge < -0.3 is 29.9 Å². The molecule has 14 nitrogen and oxygen atoms in total. The lowest BCUT2D eigenvalue weighted by atomic mass is 9.95. The number of hydrogen-bond acceptors (Lipinski definition) is 10. The van der Waals surface area contributed by atoms with Gasteiger partial charge in [-0.2, -0.15) is 4.72 Å². The summed E-state index contributed by atoms with van der Waals surface area (Å²) >= 11 is 13.6. The van der Waals surface area contributed by atoms with Crippen molar-refractivity contribution in [1.82, 2.24) is 25.2 Å². The second-order valence-electron chi connectivity index (χ2n) is 14.4. The molecule has 3 N–H and O–H groups in total. The molecule has 2 aliphatic rings. The van der Waals surface area contributed by atoms with Crippen LogP contribution in [0, 0.1) is 5.92 Å². The molecule has 1 saturated heterocycles. The maximum absolute atomic E-state index is 13.7. The number of amides is 4. The smallest absolute Gasteiger partial charge is 0.410 e. The fourth-order valence-corrected chi connectivity index (χ4v) is 11.0. The molecule has 4 rings (SSSR count). The van der Waals surface area contributed by atoms with Crippen molar-refractivity contribution in [2.24, 2.45) is 5.92 Å². The number of nitrogens with zero attached hydrogens (tertiary/aromatic N) is 2. The molecule has 4 amide bonds. The van der Waals surface area contributed by atoms with Crippen LogP contribution in [0.1, 0.15) is 86.2 Å². The molecule has 1 aromatic heterocycles. The van der Waals surface area contributed by atoms with E-state index in [0.717, 1.165) is 11.3 Å². The first kappa shape index (κ1) is 42.0. The molecule has 1 fully saturated rings. The highest BCUT2D eigenvalue weighted by atomic mass is 79.9. The molecule has 0 saturated carbocycles. The summed E-state index contributed by atoms with van der Waals surface area (Å²) in [4.78, 5) is 69.0. The van der Waals surface area contributed by atoms with Crippen molar-refractivity contribution in [3.05, 3.63) is 47.0 Å². The second kappa shape index (κ2) is 16.3. The first-order chi connectivity index (χ1) is 24.0. The summed E-state index contributed by atoms with van der Waals surface area (Å²) in [5.41, 5.74) is -0.259. The Kier molecular flexibility index (Phi) is 13.2. The normalized spacial score (nSPS) is 15.9. The van der Waals surface area contributed by atoms with Gasteiger partial charge in [0.2, 0.25) is 15.9 Å². The van der Waals surface area contributed by atoms with E-state index in [0.29, 0.717) is 40.8 Å². The van der Waals surface area contributed by atoms with E-state index in [1.54, 1.807) is 57.4 Å². The van der Waals surface area contributed by atoms with Crippen molar-refractivity contribution in [1.29, 1.82) is 0 Å². The minimum absolute atomic E-state index is 0.0311. The Bertz CT molecular complexity index is 1870. The number of piperidine rings is 1. The van der Waals surface area contributed by atoms with E-state index >= 15 is 0 Å². The van der Waals surface area contributed by atoms with Crippen LogP contribution in [-0.2, 0) is 42.2 Å². The van der Waals surface area contributed by atoms with Crippen LogP contribution < -0.4 is 15.4 Å². The predicted molar refractivity (Wildman–Crippen MR) is 202 cm³/mol. The zero-order valence-corrected chi connectivity index (χ0v) is 35.3. The lowest BCUT2D eigenvalue weighted by Gasteiger charge is -2.34. The number of fused-ring (bicyclic) bond motifs is 1. The van der Waals surface area contributed by atoms with Crippen LogP contribution in [0.5, 0.6) is 0 Å². The van der Waals surface area contributed by atoms with Crippen LogP contribution in [0.25, 0.3) is 0 Å². The minimum atomic E-state index is -4.41. The highest BCUT2D eigenvalue weighted by Gasteiger charge is 2.37. The number of carbonyl (C=O) groups excluding carboxylic acids is 5. The first-order valence-corrected chi connectivity index (χ1v) is 20.6. The number of hydrogen-bond donors (Lipinski definition) is 3. The van der Waals surface area contributed by atoms with Crippen molar-refractivity contribution in [2.45, 2.75) is 89.6 Å². The van der Waals surface area contributed by atoms with Crippen molar-refractivity contribution >= 4 is 94.6 Å². The Balaban J connectivity index is 1.51. The Labute approximate surface area is 329 Å². The summed E-state index contributed by atoms with van der Waals surface area (Å²) in [7, 11) is -3.00. The second-order valence-corrected chi connectivity index (χ2v) is 19.8. The average Bonchev–Trinajstić information content (AvgIpc) is 3.58. The number of sulfonamides is 1. The Hall–Kier alpha value is -2.77. The molecular formula is C33H42Br2ClN5O9S2. The minimum Gasteiger partial charge on any atom is -0.459 e. The summed E-state index contributed by atoms with van der Waals surface area (Å²) in [5.74, 6) is -2.67. The fraction of sp³-hybridized carbons (Fsp3) is 0.545. The summed E-state index contributed by atoms with van der Waals surface area (Å²) < 4.78 is 40.6. The van der Waals surface area contributed by atoms with E-state index in [9.17, 15) is 32.4 Å². The van der Waals surface area contributed by atoms with Gasteiger partial charge in [0.1, 0.15) is 26.5 Å². The van der Waals surface area contributed by atoms with Gasteiger partial charge in [0.05, 0.1) is 19.4 Å². The summed E-state index contributed by atoms with van der Waals surface area (Å²) in [6.45, 7) is 10.9. The Morgan fingerprint density at radius 2 is 1.46 bits per heavy atom. The van der Waals surface area contributed by atoms with Gasteiger partial charge in [-0.1, -0.05) is 11.6 Å². The van der Waals surface area contributed by atoms with E-state index < -0.39 is 57.7 Å². The largest absolute Gasteiger partial charge is 0.459 e. The summed E-state index contributed by atoms with van der Waals surface area (Å²) in [6.07, 6.45) is 0.525. The van der Waals surface area contributed by atoms with Crippen molar-refractivity contribution < 1.29 is 41.9 Å². The molecule has 0 spiro atoms. The summed E-state index contributed by atoms with van der Waals surface area (Å²) in [6, 6.07) is 1.51. The number of ether oxygens (including phenoxy) is 2. The monoisotopic (exact) mass is 909 g/mol. The zero-order valence-electron chi connectivity index (χ0n) is 29.8. The molecule has 286 valence electrons. The van der Waals surface area contributed by atoms with Crippen LogP contribution >= 0.6 is 54.8 Å². The number of esters is 1. The molecular weight excluding hydrogens is 870 g/mol. The maximum Gasteiger partial charge on any atom is 0.410 e. The predicted octanol–water partition coefficient (Wildman–Crippen LogP) is 5.19. The molecule has 3 heterocycles. The lowest BCUT2D eigenvalue weighted by molar-refractivity contribution is -0.156. The third-order valence-electron chi connectivity index (χ3n) is 8.04. The third-order valence-corrected chi connectivity index (χ3v) is 13.7. The Morgan fingerprint density at radius 1 is 0.923 bits per heavy atom. The quantitative estimate of drug-likeness (QED) is 0.286. The number of benzene rings is 1. The average molecular weight is 912 g/mol. The molecule has 1 atom stereocenters. The van der Waals surface area contributed by atoms with Gasteiger partial charge in [-0.3, -0.25) is 19.2 Å². The number of rotatable bonds is 9.